The first-order valence-corrected chi connectivity index (χ1v) is 14.2. The molecule has 148 valence electrons. The third-order valence-corrected chi connectivity index (χ3v) is 5.74. The Morgan fingerprint density at radius 3 is 1.85 bits per heavy atom. The first-order valence-electron chi connectivity index (χ1n) is 9.69. The van der Waals surface area contributed by atoms with Crippen molar-refractivity contribution in [3.05, 3.63) is 35.9 Å². The van der Waals surface area contributed by atoms with Crippen LogP contribution in [-0.2, 0) is 19.1 Å². The number of hydrogen-bond donors (Lipinski definition) is 0. The van der Waals surface area contributed by atoms with Crippen LogP contribution in [-0.4, -0.2) is 38.8 Å². The minimum absolute atomic E-state index is 0. The van der Waals surface area contributed by atoms with Crippen LogP contribution >= 0.6 is 9.07 Å². The van der Waals surface area contributed by atoms with E-state index in [2.05, 4.69) is 35.4 Å². The molecule has 0 radical (unpaired) electrons. The molecule has 0 fully saturated rings. The Labute approximate surface area is 201 Å². The van der Waals surface area contributed by atoms with E-state index in [-0.39, 0.29) is 55.4 Å². The smallest absolute Gasteiger partial charge is 0.726 e. The van der Waals surface area contributed by atoms with Crippen LogP contribution in [0.3, 0.4) is 0 Å². The van der Waals surface area contributed by atoms with Gasteiger partial charge in [-0.05, 0) is 6.42 Å². The fourth-order valence-electron chi connectivity index (χ4n) is 2.50. The van der Waals surface area contributed by atoms with E-state index in [1.165, 1.54) is 50.5 Å². The van der Waals surface area contributed by atoms with Crippen LogP contribution in [0.5, 0.6) is 0 Å². The van der Waals surface area contributed by atoms with Crippen LogP contribution in [0.1, 0.15) is 76.7 Å². The summed E-state index contributed by atoms with van der Waals surface area (Å²) >= 11 is -0.312. The van der Waals surface area contributed by atoms with Gasteiger partial charge in [-0.1, -0.05) is 105 Å². The molecular weight excluding hydrogens is 407 g/mol. The zero-order valence-corrected chi connectivity index (χ0v) is 22.0. The molecule has 0 aliphatic rings. The molecule has 1 aromatic carbocycles. The van der Waals surface area contributed by atoms with Gasteiger partial charge in [-0.3, -0.25) is 4.18 Å². The molecule has 0 bridgehead atoms. The quantitative estimate of drug-likeness (QED) is 0.193. The molecule has 0 aromatic heterocycles. The van der Waals surface area contributed by atoms with Crippen molar-refractivity contribution in [2.45, 2.75) is 75.7 Å². The van der Waals surface area contributed by atoms with E-state index in [0.29, 0.717) is 6.42 Å². The average molecular weight is 439 g/mol. The van der Waals surface area contributed by atoms with Crippen molar-refractivity contribution in [2.75, 3.05) is 6.61 Å². The van der Waals surface area contributed by atoms with E-state index < -0.39 is 10.4 Å². The number of halogens is 1. The molecule has 0 aliphatic carbocycles. The topological polar surface area (TPSA) is 66.4 Å². The van der Waals surface area contributed by atoms with E-state index in [1.54, 1.807) is 0 Å². The van der Waals surface area contributed by atoms with Gasteiger partial charge < -0.3 is 13.6 Å². The fraction of sp³-hybridized carbons (Fsp3) is 0.684. The van der Waals surface area contributed by atoms with Gasteiger partial charge in [0.05, 0.1) is 6.61 Å². The molecular formula is C19H32ClMgNaO4S. The minimum atomic E-state index is -4.48. The SMILES string of the molecule is CCCCCCCCCCCCOS(=O)(=O)[O-].[Cl][Mg][CH2]c1ccccc1.[Na+]. The third-order valence-electron chi connectivity index (χ3n) is 3.95. The molecule has 4 nitrogen and oxygen atoms in total. The summed E-state index contributed by atoms with van der Waals surface area (Å²) < 4.78 is 35.6. The Bertz CT molecular complexity index is 518. The molecule has 0 amide bonds. The van der Waals surface area contributed by atoms with E-state index in [9.17, 15) is 13.0 Å². The summed E-state index contributed by atoms with van der Waals surface area (Å²) in [6.45, 7) is 2.24. The van der Waals surface area contributed by atoms with E-state index in [0.717, 1.165) is 17.4 Å². The van der Waals surface area contributed by atoms with Gasteiger partial charge in [0.25, 0.3) is 0 Å². The van der Waals surface area contributed by atoms with E-state index >= 15 is 0 Å². The number of unbranched alkanes of at least 4 members (excludes halogenated alkanes) is 9. The minimum Gasteiger partial charge on any atom is -0.726 e. The van der Waals surface area contributed by atoms with Crippen LogP contribution in [0.25, 0.3) is 0 Å². The molecule has 0 saturated heterocycles. The first kappa shape index (κ1) is 30.3. The molecule has 27 heavy (non-hydrogen) atoms. The summed E-state index contributed by atoms with van der Waals surface area (Å²) in [5, 5.41) is 0. The zero-order valence-electron chi connectivity index (χ0n) is 17.0. The molecule has 0 spiro atoms. The maximum absolute atomic E-state index is 10.1. The van der Waals surface area contributed by atoms with Crippen molar-refractivity contribution >= 4 is 38.7 Å². The molecule has 8 heteroatoms. The van der Waals surface area contributed by atoms with Crippen LogP contribution in [0.2, 0.25) is 0 Å². The number of benzene rings is 1. The van der Waals surface area contributed by atoms with Gasteiger partial charge in [-0.25, -0.2) is 8.42 Å². The Morgan fingerprint density at radius 2 is 1.41 bits per heavy atom. The summed E-state index contributed by atoms with van der Waals surface area (Å²) in [6, 6.07) is 10.4. The standard InChI is InChI=1S/C12H26O4S.C7H7.ClH.Mg.Na/c1-2-3-4-5-6-7-8-9-10-11-12-16-17(13,14)15;1-7-5-3-2-4-6-7;;;/h2-12H2,1H3,(H,13,14,15);2-6H,1H2;1H;;/q;;;2*+1/p-2. The van der Waals surface area contributed by atoms with Gasteiger partial charge >= 0.3 is 48.8 Å². The van der Waals surface area contributed by atoms with Crippen LogP contribution < -0.4 is 29.6 Å². The first-order chi connectivity index (χ1) is 12.5. The molecule has 0 aliphatic heterocycles. The van der Waals surface area contributed by atoms with Gasteiger partial charge in [0.2, 0.25) is 10.4 Å². The Balaban J connectivity index is 0. The number of hydrogen-bond acceptors (Lipinski definition) is 4. The second-order valence-corrected chi connectivity index (χ2v) is 9.40. The van der Waals surface area contributed by atoms with Gasteiger partial charge in [0.15, 0.2) is 0 Å². The van der Waals surface area contributed by atoms with Crippen molar-refractivity contribution in [1.29, 1.82) is 0 Å². The van der Waals surface area contributed by atoms with Crippen molar-refractivity contribution in [3.63, 3.8) is 0 Å². The normalized spacial score (nSPS) is 10.3. The second-order valence-electron chi connectivity index (χ2n) is 6.34. The predicted octanol–water partition coefficient (Wildman–Crippen LogP) is 2.43. The Morgan fingerprint density at radius 1 is 0.926 bits per heavy atom. The van der Waals surface area contributed by atoms with Crippen molar-refractivity contribution in [1.82, 2.24) is 0 Å². The largest absolute Gasteiger partial charge is 1.00 e. The molecule has 0 N–H and O–H groups in total. The van der Waals surface area contributed by atoms with Crippen LogP contribution in [0, 0.1) is 0 Å². The maximum Gasteiger partial charge on any atom is 1.00 e. The van der Waals surface area contributed by atoms with Gasteiger partial charge in [-0.2, -0.15) is 0 Å². The van der Waals surface area contributed by atoms with E-state index in [4.69, 9.17) is 9.07 Å². The number of rotatable bonds is 14. The molecule has 1 rings (SSSR count). The van der Waals surface area contributed by atoms with Crippen LogP contribution in [0.15, 0.2) is 30.3 Å². The van der Waals surface area contributed by atoms with E-state index in [1.807, 2.05) is 6.07 Å². The van der Waals surface area contributed by atoms with Crippen molar-refractivity contribution in [3.8, 4) is 0 Å². The predicted molar refractivity (Wildman–Crippen MR) is 109 cm³/mol. The molecule has 0 saturated carbocycles. The Hall–Kier alpha value is 1.15. The van der Waals surface area contributed by atoms with Gasteiger partial charge in [-0.15, -0.1) is 0 Å². The molecule has 0 unspecified atom stereocenters. The Kier molecular flexibility index (Phi) is 24.5. The fourth-order valence-corrected chi connectivity index (χ4v) is 4.03. The monoisotopic (exact) mass is 438 g/mol. The van der Waals surface area contributed by atoms with Crippen molar-refractivity contribution in [2.24, 2.45) is 0 Å². The summed E-state index contributed by atoms with van der Waals surface area (Å²) in [5.41, 5.74) is 1.37. The molecule has 0 atom stereocenters. The summed E-state index contributed by atoms with van der Waals surface area (Å²) in [5.74, 6) is 0. The second kappa shape index (κ2) is 21.8. The summed E-state index contributed by atoms with van der Waals surface area (Å²) in [6.07, 6.45) is 11.7. The summed E-state index contributed by atoms with van der Waals surface area (Å²) in [7, 11) is 1.19. The van der Waals surface area contributed by atoms with Gasteiger partial charge in [0.1, 0.15) is 0 Å². The zero-order chi connectivity index (χ0) is 19.5. The van der Waals surface area contributed by atoms with Gasteiger partial charge in [0, 0.05) is 0 Å². The third kappa shape index (κ3) is 25.1. The molecule has 0 heterocycles. The summed E-state index contributed by atoms with van der Waals surface area (Å²) in [4.78, 5) is 0. The van der Waals surface area contributed by atoms with Crippen LogP contribution in [0.4, 0.5) is 0 Å². The molecule has 1 aromatic rings. The average Bonchev–Trinajstić information content (AvgIpc) is 2.60. The van der Waals surface area contributed by atoms with Crippen molar-refractivity contribution < 1.29 is 46.7 Å². The maximum atomic E-state index is 10.1.